The molecule has 5 nitrogen and oxygen atoms in total. The first-order chi connectivity index (χ1) is 14.7. The second-order valence-electron chi connectivity index (χ2n) is 8.74. The first-order valence-electron chi connectivity index (χ1n) is 12.6. The van der Waals surface area contributed by atoms with Gasteiger partial charge in [-0.2, -0.15) is 0 Å². The highest BCUT2D eigenvalue weighted by Gasteiger charge is 2.38. The van der Waals surface area contributed by atoms with Gasteiger partial charge in [0.15, 0.2) is 0 Å². The average Bonchev–Trinajstić information content (AvgIpc) is 2.75. The third-order valence-electron chi connectivity index (χ3n) is 6.00. The van der Waals surface area contributed by atoms with Crippen molar-refractivity contribution < 1.29 is 24.8 Å². The van der Waals surface area contributed by atoms with Crippen LogP contribution in [0.2, 0.25) is 0 Å². The van der Waals surface area contributed by atoms with E-state index in [1.165, 1.54) is 77.0 Å². The number of aliphatic hydroxyl groups is 3. The lowest BCUT2D eigenvalue weighted by molar-refractivity contribution is -0.208. The van der Waals surface area contributed by atoms with Crippen LogP contribution in [0.3, 0.4) is 0 Å². The molecule has 1 rings (SSSR count). The van der Waals surface area contributed by atoms with Crippen molar-refractivity contribution in [2.45, 2.75) is 128 Å². The molecule has 3 N–H and O–H groups in total. The topological polar surface area (TPSA) is 79.2 Å². The van der Waals surface area contributed by atoms with Crippen LogP contribution in [-0.4, -0.2) is 59.6 Å². The van der Waals surface area contributed by atoms with Gasteiger partial charge >= 0.3 is 0 Å². The maximum absolute atomic E-state index is 10.0. The molecule has 0 bridgehead atoms. The summed E-state index contributed by atoms with van der Waals surface area (Å²) in [7, 11) is 0. The molecule has 1 aliphatic rings. The van der Waals surface area contributed by atoms with Crippen LogP contribution in [0.15, 0.2) is 12.2 Å². The van der Waals surface area contributed by atoms with Crippen molar-refractivity contribution in [2.75, 3.05) is 19.8 Å². The molecule has 0 spiro atoms. The minimum absolute atomic E-state index is 0.207. The normalized spacial score (nSPS) is 24.7. The molecule has 1 aliphatic heterocycles. The lowest BCUT2D eigenvalue weighted by atomic mass is 10.0. The molecule has 0 amide bonds. The molecule has 0 unspecified atom stereocenters. The largest absolute Gasteiger partial charge is 0.394 e. The molecule has 0 saturated carbocycles. The van der Waals surface area contributed by atoms with Gasteiger partial charge in [-0.3, -0.25) is 0 Å². The predicted molar refractivity (Wildman–Crippen MR) is 123 cm³/mol. The maximum Gasteiger partial charge on any atom is 0.111 e. The third kappa shape index (κ3) is 13.1. The summed E-state index contributed by atoms with van der Waals surface area (Å²) in [6.45, 7) is 2.71. The monoisotopic (exact) mass is 428 g/mol. The van der Waals surface area contributed by atoms with Crippen molar-refractivity contribution in [3.05, 3.63) is 12.2 Å². The molecule has 0 aromatic heterocycles. The van der Waals surface area contributed by atoms with Crippen molar-refractivity contribution >= 4 is 0 Å². The Labute approximate surface area is 184 Å². The van der Waals surface area contributed by atoms with Crippen LogP contribution in [0, 0.1) is 0 Å². The zero-order chi connectivity index (χ0) is 21.9. The van der Waals surface area contributed by atoms with Gasteiger partial charge in [-0.15, -0.1) is 0 Å². The molecule has 0 aromatic carbocycles. The van der Waals surface area contributed by atoms with Crippen LogP contribution in [0.5, 0.6) is 0 Å². The van der Waals surface area contributed by atoms with E-state index in [9.17, 15) is 10.2 Å². The van der Waals surface area contributed by atoms with Crippen LogP contribution in [0.25, 0.3) is 0 Å². The number of ether oxygens (including phenoxy) is 2. The summed E-state index contributed by atoms with van der Waals surface area (Å²) in [4.78, 5) is 0. The Morgan fingerprint density at radius 2 is 1.30 bits per heavy atom. The fourth-order valence-electron chi connectivity index (χ4n) is 3.94. The summed E-state index contributed by atoms with van der Waals surface area (Å²) in [5.74, 6) is 0. The van der Waals surface area contributed by atoms with Crippen LogP contribution < -0.4 is 0 Å². The minimum Gasteiger partial charge on any atom is -0.394 e. The maximum atomic E-state index is 10.0. The molecule has 4 atom stereocenters. The lowest BCUT2D eigenvalue weighted by Crippen LogP contribution is -2.55. The highest BCUT2D eigenvalue weighted by atomic mass is 16.6. The number of hydrogen-bond acceptors (Lipinski definition) is 5. The molecule has 0 radical (unpaired) electrons. The zero-order valence-corrected chi connectivity index (χ0v) is 19.4. The average molecular weight is 429 g/mol. The fraction of sp³-hybridized carbons (Fsp3) is 0.920. The van der Waals surface area contributed by atoms with Crippen molar-refractivity contribution in [2.24, 2.45) is 0 Å². The lowest BCUT2D eigenvalue weighted by Gasteiger charge is -2.36. The summed E-state index contributed by atoms with van der Waals surface area (Å²) in [6, 6.07) is 0. The Hall–Kier alpha value is -0.460. The van der Waals surface area contributed by atoms with E-state index in [0.717, 1.165) is 19.3 Å². The Morgan fingerprint density at radius 1 is 0.767 bits per heavy atom. The molecule has 1 fully saturated rings. The smallest absolute Gasteiger partial charge is 0.111 e. The van der Waals surface area contributed by atoms with Crippen molar-refractivity contribution in [1.82, 2.24) is 0 Å². The molecule has 5 heteroatoms. The van der Waals surface area contributed by atoms with Crippen molar-refractivity contribution in [1.29, 1.82) is 0 Å². The Balaban J connectivity index is 1.83. The van der Waals surface area contributed by atoms with Gasteiger partial charge in [0.05, 0.1) is 13.2 Å². The van der Waals surface area contributed by atoms with Crippen LogP contribution in [-0.2, 0) is 9.47 Å². The Morgan fingerprint density at radius 3 is 1.87 bits per heavy atom. The number of rotatable bonds is 19. The summed E-state index contributed by atoms with van der Waals surface area (Å²) < 4.78 is 10.9. The highest BCUT2D eigenvalue weighted by molar-refractivity contribution is 4.87. The molecular weight excluding hydrogens is 380 g/mol. The van der Waals surface area contributed by atoms with E-state index in [0.29, 0.717) is 6.61 Å². The molecule has 0 aromatic rings. The number of hydrogen-bond donors (Lipinski definition) is 3. The molecule has 1 heterocycles. The molecular formula is C25H48O5. The van der Waals surface area contributed by atoms with E-state index in [2.05, 4.69) is 19.1 Å². The molecule has 30 heavy (non-hydrogen) atoms. The number of allylic oxidation sites excluding steroid dienone is 2. The summed E-state index contributed by atoms with van der Waals surface area (Å²) in [6.07, 6.45) is 20.8. The van der Waals surface area contributed by atoms with Crippen LogP contribution >= 0.6 is 0 Å². The first kappa shape index (κ1) is 27.6. The van der Waals surface area contributed by atoms with Gasteiger partial charge in [0, 0.05) is 6.61 Å². The predicted octanol–water partition coefficient (Wildman–Crippen LogP) is 4.91. The van der Waals surface area contributed by atoms with E-state index < -0.39 is 24.4 Å². The van der Waals surface area contributed by atoms with Crippen LogP contribution in [0.1, 0.15) is 103 Å². The zero-order valence-electron chi connectivity index (χ0n) is 19.4. The van der Waals surface area contributed by atoms with Gasteiger partial charge in [-0.25, -0.2) is 0 Å². The first-order valence-corrected chi connectivity index (χ1v) is 12.6. The van der Waals surface area contributed by atoms with E-state index in [-0.39, 0.29) is 13.2 Å². The number of unbranched alkanes of at least 4 members (excludes halogenated alkanes) is 13. The standard InChI is InChI=1S/C25H48O5/c1-2-3-4-5-6-7-8-9-10-11-12-13-14-15-16-17-18-19-29-23-21-30-22(20-26)24(27)25(23)28/h15-16,22-28H,2-14,17-21H2,1H3/b16-15+/t22-,23+,24-,25-/m0/s1. The van der Waals surface area contributed by atoms with Crippen molar-refractivity contribution in [3.63, 3.8) is 0 Å². The molecule has 178 valence electrons. The Bertz CT molecular complexity index is 401. The van der Waals surface area contributed by atoms with Crippen molar-refractivity contribution in [3.8, 4) is 0 Å². The second kappa shape index (κ2) is 19.2. The van der Waals surface area contributed by atoms with E-state index in [1.807, 2.05) is 0 Å². The van der Waals surface area contributed by atoms with Gasteiger partial charge in [-0.05, 0) is 25.7 Å². The highest BCUT2D eigenvalue weighted by Crippen LogP contribution is 2.18. The minimum atomic E-state index is -1.09. The quantitative estimate of drug-likeness (QED) is 0.201. The summed E-state index contributed by atoms with van der Waals surface area (Å²) in [5, 5.41) is 28.9. The summed E-state index contributed by atoms with van der Waals surface area (Å²) in [5.41, 5.74) is 0. The Kier molecular flexibility index (Phi) is 17.7. The van der Waals surface area contributed by atoms with Gasteiger partial charge in [0.1, 0.15) is 24.4 Å². The van der Waals surface area contributed by atoms with E-state index in [4.69, 9.17) is 14.6 Å². The molecule has 1 saturated heterocycles. The van der Waals surface area contributed by atoms with Crippen LogP contribution in [0.4, 0.5) is 0 Å². The van der Waals surface area contributed by atoms with E-state index in [1.54, 1.807) is 0 Å². The van der Waals surface area contributed by atoms with E-state index >= 15 is 0 Å². The SMILES string of the molecule is CCCCCCCCCCCCCC/C=C/CCCO[C@@H]1CO[C@@H](CO)[C@H](O)[C@H]1O. The summed E-state index contributed by atoms with van der Waals surface area (Å²) >= 11 is 0. The van der Waals surface area contributed by atoms with Gasteiger partial charge in [-0.1, -0.05) is 89.7 Å². The van der Waals surface area contributed by atoms with Gasteiger partial charge in [0.25, 0.3) is 0 Å². The van der Waals surface area contributed by atoms with Gasteiger partial charge < -0.3 is 24.8 Å². The third-order valence-corrected chi connectivity index (χ3v) is 6.00. The fourth-order valence-corrected chi connectivity index (χ4v) is 3.94. The van der Waals surface area contributed by atoms with Gasteiger partial charge in [0.2, 0.25) is 0 Å². The second-order valence-corrected chi connectivity index (χ2v) is 8.74. The number of aliphatic hydroxyl groups excluding tert-OH is 3. The molecule has 0 aliphatic carbocycles.